The van der Waals surface area contributed by atoms with Crippen molar-refractivity contribution in [2.24, 2.45) is 0 Å². The summed E-state index contributed by atoms with van der Waals surface area (Å²) in [6.45, 7) is -0.0302. The van der Waals surface area contributed by atoms with Crippen LogP contribution in [0.15, 0.2) is 75.9 Å². The van der Waals surface area contributed by atoms with Crippen LogP contribution in [0.5, 0.6) is 0 Å². The van der Waals surface area contributed by atoms with Crippen LogP contribution in [0, 0.1) is 0 Å². The summed E-state index contributed by atoms with van der Waals surface area (Å²) in [5, 5.41) is 3.26. The van der Waals surface area contributed by atoms with Gasteiger partial charge in [-0.1, -0.05) is 41.9 Å². The molecular weight excluding hydrogens is 352 g/mol. The Bertz CT molecular complexity index is 1180. The molecule has 1 heterocycles. The van der Waals surface area contributed by atoms with E-state index < -0.39 is 11.6 Å². The lowest BCUT2D eigenvalue weighted by Gasteiger charge is -2.09. The van der Waals surface area contributed by atoms with Crippen molar-refractivity contribution in [3.8, 4) is 0 Å². The molecule has 4 aromatic rings. The van der Waals surface area contributed by atoms with Crippen molar-refractivity contribution in [1.82, 2.24) is 0 Å². The van der Waals surface area contributed by atoms with Crippen LogP contribution in [0.3, 0.4) is 0 Å². The van der Waals surface area contributed by atoms with E-state index in [0.717, 1.165) is 16.2 Å². The number of esters is 1. The average Bonchev–Trinajstić information content (AvgIpc) is 2.66. The van der Waals surface area contributed by atoms with Gasteiger partial charge in [-0.3, -0.25) is 0 Å². The Morgan fingerprint density at radius 1 is 1.00 bits per heavy atom. The molecule has 26 heavy (non-hydrogen) atoms. The standard InChI is InChI=1S/C21H13ClO4/c22-16-8-5-14(6-9-16)21(24)25-12-15-11-19(23)26-18-10-7-13-3-1-2-4-17(13)20(15)18/h1-11H,12H2. The van der Waals surface area contributed by atoms with Crippen LogP contribution in [0.1, 0.15) is 15.9 Å². The molecule has 0 saturated carbocycles. The minimum absolute atomic E-state index is 0.0302. The molecule has 0 saturated heterocycles. The van der Waals surface area contributed by atoms with Gasteiger partial charge in [-0.05, 0) is 41.1 Å². The van der Waals surface area contributed by atoms with E-state index >= 15 is 0 Å². The number of halogens is 1. The Labute approximate surface area is 153 Å². The van der Waals surface area contributed by atoms with Crippen molar-refractivity contribution >= 4 is 39.3 Å². The molecular formula is C21H13ClO4. The molecule has 0 unspecified atom stereocenters. The van der Waals surface area contributed by atoms with Crippen molar-refractivity contribution in [3.63, 3.8) is 0 Å². The number of fused-ring (bicyclic) bond motifs is 3. The summed E-state index contributed by atoms with van der Waals surface area (Å²) < 4.78 is 10.7. The van der Waals surface area contributed by atoms with Crippen LogP contribution in [0.2, 0.25) is 5.02 Å². The molecule has 4 nitrogen and oxygen atoms in total. The number of rotatable bonds is 3. The fourth-order valence-corrected chi connectivity index (χ4v) is 3.07. The Hall–Kier alpha value is -3.11. The third-order valence-electron chi connectivity index (χ3n) is 4.15. The topological polar surface area (TPSA) is 56.5 Å². The monoisotopic (exact) mass is 364 g/mol. The minimum atomic E-state index is -0.483. The van der Waals surface area contributed by atoms with E-state index in [1.807, 2.05) is 30.3 Å². The maximum Gasteiger partial charge on any atom is 0.338 e. The third kappa shape index (κ3) is 3.07. The van der Waals surface area contributed by atoms with Crippen LogP contribution in [0.4, 0.5) is 0 Å². The number of carbonyl (C=O) groups excluding carboxylic acids is 1. The van der Waals surface area contributed by atoms with E-state index in [1.165, 1.54) is 6.07 Å². The van der Waals surface area contributed by atoms with Crippen molar-refractivity contribution in [2.45, 2.75) is 6.61 Å². The van der Waals surface area contributed by atoms with Gasteiger partial charge in [-0.25, -0.2) is 9.59 Å². The molecule has 0 radical (unpaired) electrons. The van der Waals surface area contributed by atoms with Crippen LogP contribution < -0.4 is 5.63 Å². The molecule has 1 aromatic heterocycles. The van der Waals surface area contributed by atoms with Crippen molar-refractivity contribution < 1.29 is 13.9 Å². The maximum atomic E-state index is 12.2. The van der Waals surface area contributed by atoms with E-state index in [9.17, 15) is 9.59 Å². The van der Waals surface area contributed by atoms with Gasteiger partial charge in [-0.15, -0.1) is 0 Å². The Morgan fingerprint density at radius 3 is 2.58 bits per heavy atom. The summed E-state index contributed by atoms with van der Waals surface area (Å²) in [5.41, 5.74) is 0.987. The van der Waals surface area contributed by atoms with Gasteiger partial charge >= 0.3 is 11.6 Å². The number of ether oxygens (including phenoxy) is 1. The summed E-state index contributed by atoms with van der Waals surface area (Å²) in [4.78, 5) is 24.1. The second-order valence-electron chi connectivity index (χ2n) is 5.83. The van der Waals surface area contributed by atoms with E-state index in [2.05, 4.69) is 0 Å². The molecule has 0 aliphatic carbocycles. The summed E-state index contributed by atoms with van der Waals surface area (Å²) >= 11 is 5.83. The first-order valence-corrected chi connectivity index (χ1v) is 8.37. The fourth-order valence-electron chi connectivity index (χ4n) is 2.95. The fraction of sp³-hybridized carbons (Fsp3) is 0.0476. The SMILES string of the molecule is O=C(OCc1cc(=O)oc2ccc3ccccc3c12)c1ccc(Cl)cc1. The van der Waals surface area contributed by atoms with Crippen LogP contribution >= 0.6 is 11.6 Å². The summed E-state index contributed by atoms with van der Waals surface area (Å²) in [5.74, 6) is -0.483. The number of hydrogen-bond acceptors (Lipinski definition) is 4. The van der Waals surface area contributed by atoms with Crippen molar-refractivity contribution in [3.05, 3.63) is 93.3 Å². The second-order valence-corrected chi connectivity index (χ2v) is 6.27. The first kappa shape index (κ1) is 16.4. The Balaban J connectivity index is 1.73. The molecule has 0 amide bonds. The Morgan fingerprint density at radius 2 is 1.77 bits per heavy atom. The smallest absolute Gasteiger partial charge is 0.338 e. The highest BCUT2D eigenvalue weighted by molar-refractivity contribution is 6.30. The lowest BCUT2D eigenvalue weighted by atomic mass is 10.0. The van der Waals surface area contributed by atoms with Gasteiger partial charge in [0.1, 0.15) is 12.2 Å². The minimum Gasteiger partial charge on any atom is -0.457 e. The molecule has 128 valence electrons. The van der Waals surface area contributed by atoms with Gasteiger partial charge in [0.2, 0.25) is 0 Å². The molecule has 0 aliphatic rings. The molecule has 5 heteroatoms. The average molecular weight is 365 g/mol. The van der Waals surface area contributed by atoms with E-state index in [0.29, 0.717) is 21.7 Å². The highest BCUT2D eigenvalue weighted by atomic mass is 35.5. The summed E-state index contributed by atoms with van der Waals surface area (Å²) in [6.07, 6.45) is 0. The number of carbonyl (C=O) groups is 1. The molecule has 0 N–H and O–H groups in total. The highest BCUT2D eigenvalue weighted by Gasteiger charge is 2.13. The van der Waals surface area contributed by atoms with E-state index in [1.54, 1.807) is 30.3 Å². The van der Waals surface area contributed by atoms with Crippen LogP contribution in [-0.2, 0) is 11.3 Å². The quantitative estimate of drug-likeness (QED) is 0.293. The Kier molecular flexibility index (Phi) is 4.19. The number of benzene rings is 3. The molecule has 4 rings (SSSR count). The van der Waals surface area contributed by atoms with Gasteiger partial charge in [0.15, 0.2) is 0 Å². The normalized spacial score (nSPS) is 11.0. The summed E-state index contributed by atoms with van der Waals surface area (Å²) in [6, 6.07) is 19.2. The molecule has 0 atom stereocenters. The van der Waals surface area contributed by atoms with Gasteiger partial charge in [-0.2, -0.15) is 0 Å². The zero-order valence-corrected chi connectivity index (χ0v) is 14.3. The number of hydrogen-bond donors (Lipinski definition) is 0. The highest BCUT2D eigenvalue weighted by Crippen LogP contribution is 2.28. The lowest BCUT2D eigenvalue weighted by Crippen LogP contribution is -2.08. The van der Waals surface area contributed by atoms with Gasteiger partial charge < -0.3 is 9.15 Å². The predicted molar refractivity (Wildman–Crippen MR) is 101 cm³/mol. The van der Waals surface area contributed by atoms with Crippen LogP contribution in [0.25, 0.3) is 21.7 Å². The van der Waals surface area contributed by atoms with E-state index in [4.69, 9.17) is 20.8 Å². The van der Waals surface area contributed by atoms with Crippen molar-refractivity contribution in [2.75, 3.05) is 0 Å². The molecule has 0 spiro atoms. The largest absolute Gasteiger partial charge is 0.457 e. The van der Waals surface area contributed by atoms with Gasteiger partial charge in [0.05, 0.1) is 5.56 Å². The van der Waals surface area contributed by atoms with Crippen LogP contribution in [-0.4, -0.2) is 5.97 Å². The molecule has 0 bridgehead atoms. The first-order chi connectivity index (χ1) is 12.6. The third-order valence-corrected chi connectivity index (χ3v) is 4.41. The lowest BCUT2D eigenvalue weighted by molar-refractivity contribution is 0.0474. The zero-order chi connectivity index (χ0) is 18.1. The first-order valence-electron chi connectivity index (χ1n) is 7.99. The molecule has 0 fully saturated rings. The maximum absolute atomic E-state index is 12.2. The van der Waals surface area contributed by atoms with Gasteiger partial charge in [0.25, 0.3) is 0 Å². The van der Waals surface area contributed by atoms with Crippen molar-refractivity contribution in [1.29, 1.82) is 0 Å². The van der Waals surface area contributed by atoms with Gasteiger partial charge in [0, 0.05) is 22.0 Å². The molecule has 0 aliphatic heterocycles. The second kappa shape index (κ2) is 6.65. The molecule has 3 aromatic carbocycles. The predicted octanol–water partition coefficient (Wildman–Crippen LogP) is 4.96. The zero-order valence-electron chi connectivity index (χ0n) is 13.6. The summed E-state index contributed by atoms with van der Waals surface area (Å²) in [7, 11) is 0. The van der Waals surface area contributed by atoms with E-state index in [-0.39, 0.29) is 6.61 Å².